The van der Waals surface area contributed by atoms with Gasteiger partial charge in [-0.05, 0) is 5.56 Å². The minimum absolute atomic E-state index is 0.444. The fraction of sp³-hybridized carbons (Fsp3) is 0.143. The number of rotatable bonds is 4. The summed E-state index contributed by atoms with van der Waals surface area (Å²) in [5.41, 5.74) is 0.890. The molecule has 0 saturated carbocycles. The molecule has 3 rings (SSSR count). The van der Waals surface area contributed by atoms with E-state index in [1.807, 2.05) is 41.1 Å². The fourth-order valence-corrected chi connectivity index (χ4v) is 2.03. The van der Waals surface area contributed by atoms with Gasteiger partial charge in [-0.1, -0.05) is 30.3 Å². The third kappa shape index (κ3) is 2.41. The van der Waals surface area contributed by atoms with Gasteiger partial charge >= 0.3 is 0 Å². The molecule has 5 heteroatoms. The molecule has 0 radical (unpaired) electrons. The largest absolute Gasteiger partial charge is 0.387 e. The van der Waals surface area contributed by atoms with E-state index in [9.17, 15) is 5.11 Å². The molecule has 2 heterocycles. The van der Waals surface area contributed by atoms with Gasteiger partial charge in [0.2, 0.25) is 0 Å². The summed E-state index contributed by atoms with van der Waals surface area (Å²) in [4.78, 5) is 11.5. The van der Waals surface area contributed by atoms with E-state index in [1.165, 1.54) is 0 Å². The standard InChI is InChI=1S/C14H14N4O/c19-12(11-4-2-1-3-5-11)10-18-9-8-17-14(18)13-15-6-7-16-13/h1-9,12,19H,10H2,(H,15,16)/t12-/m0/s1. The van der Waals surface area contributed by atoms with Crippen molar-refractivity contribution >= 4 is 0 Å². The maximum Gasteiger partial charge on any atom is 0.176 e. The van der Waals surface area contributed by atoms with E-state index < -0.39 is 6.10 Å². The molecule has 1 atom stereocenters. The number of aliphatic hydroxyl groups excluding tert-OH is 1. The summed E-state index contributed by atoms with van der Waals surface area (Å²) in [5, 5.41) is 10.2. The van der Waals surface area contributed by atoms with Crippen LogP contribution in [0.5, 0.6) is 0 Å². The van der Waals surface area contributed by atoms with Crippen molar-refractivity contribution in [3.8, 4) is 11.6 Å². The highest BCUT2D eigenvalue weighted by Crippen LogP contribution is 2.18. The lowest BCUT2D eigenvalue weighted by atomic mass is 10.1. The summed E-state index contributed by atoms with van der Waals surface area (Å²) in [5.74, 6) is 1.42. The molecule has 0 saturated heterocycles. The lowest BCUT2D eigenvalue weighted by Gasteiger charge is -2.13. The Hall–Kier alpha value is -2.40. The molecule has 0 bridgehead atoms. The van der Waals surface area contributed by atoms with E-state index >= 15 is 0 Å². The van der Waals surface area contributed by atoms with Gasteiger partial charge in [-0.25, -0.2) is 9.97 Å². The average Bonchev–Trinajstić information content (AvgIpc) is 3.10. The molecule has 96 valence electrons. The van der Waals surface area contributed by atoms with E-state index in [2.05, 4.69) is 15.0 Å². The van der Waals surface area contributed by atoms with Crippen LogP contribution in [-0.4, -0.2) is 24.6 Å². The van der Waals surface area contributed by atoms with E-state index in [-0.39, 0.29) is 0 Å². The smallest absolute Gasteiger partial charge is 0.176 e. The molecule has 0 aliphatic carbocycles. The number of aromatic nitrogens is 4. The van der Waals surface area contributed by atoms with Crippen LogP contribution in [0.3, 0.4) is 0 Å². The van der Waals surface area contributed by atoms with Gasteiger partial charge in [-0.3, -0.25) is 0 Å². The lowest BCUT2D eigenvalue weighted by Crippen LogP contribution is -2.09. The van der Waals surface area contributed by atoms with Crippen LogP contribution in [0.4, 0.5) is 0 Å². The van der Waals surface area contributed by atoms with Gasteiger partial charge < -0.3 is 14.7 Å². The van der Waals surface area contributed by atoms with E-state index in [1.54, 1.807) is 18.6 Å². The maximum atomic E-state index is 10.2. The number of aliphatic hydroxyl groups is 1. The van der Waals surface area contributed by atoms with Crippen LogP contribution in [0.25, 0.3) is 11.6 Å². The molecular weight excluding hydrogens is 240 g/mol. The van der Waals surface area contributed by atoms with Gasteiger partial charge in [0, 0.05) is 24.8 Å². The minimum atomic E-state index is -0.566. The summed E-state index contributed by atoms with van der Waals surface area (Å²) >= 11 is 0. The molecule has 0 fully saturated rings. The maximum absolute atomic E-state index is 10.2. The summed E-state index contributed by atoms with van der Waals surface area (Å²) in [6.07, 6.45) is 6.41. The highest BCUT2D eigenvalue weighted by molar-refractivity contribution is 5.43. The van der Waals surface area contributed by atoms with E-state index in [0.717, 1.165) is 11.4 Å². The van der Waals surface area contributed by atoms with Gasteiger partial charge in [0.1, 0.15) is 0 Å². The number of nitrogens with one attached hydrogen (secondary N) is 1. The molecule has 0 spiro atoms. The van der Waals surface area contributed by atoms with Crippen molar-refractivity contribution < 1.29 is 5.11 Å². The quantitative estimate of drug-likeness (QED) is 0.748. The lowest BCUT2D eigenvalue weighted by molar-refractivity contribution is 0.157. The van der Waals surface area contributed by atoms with Crippen LogP contribution in [0.15, 0.2) is 55.1 Å². The van der Waals surface area contributed by atoms with E-state index in [4.69, 9.17) is 0 Å². The number of hydrogen-bond donors (Lipinski definition) is 2. The van der Waals surface area contributed by atoms with Crippen LogP contribution in [0.2, 0.25) is 0 Å². The Labute approximate surface area is 110 Å². The van der Waals surface area contributed by atoms with Crippen molar-refractivity contribution in [1.82, 2.24) is 19.5 Å². The van der Waals surface area contributed by atoms with Crippen molar-refractivity contribution in [1.29, 1.82) is 0 Å². The van der Waals surface area contributed by atoms with Gasteiger partial charge in [-0.2, -0.15) is 0 Å². The number of hydrogen-bond acceptors (Lipinski definition) is 3. The summed E-state index contributed by atoms with van der Waals surface area (Å²) < 4.78 is 1.89. The average molecular weight is 254 g/mol. The first-order chi connectivity index (χ1) is 9.34. The zero-order valence-corrected chi connectivity index (χ0v) is 10.3. The molecule has 3 aromatic rings. The SMILES string of the molecule is O[C@@H](Cn1ccnc1-c1ncc[nH]1)c1ccccc1. The van der Waals surface area contributed by atoms with Gasteiger partial charge in [-0.15, -0.1) is 0 Å². The molecule has 0 aliphatic rings. The molecule has 0 amide bonds. The topological polar surface area (TPSA) is 66.7 Å². The molecule has 5 nitrogen and oxygen atoms in total. The summed E-state index contributed by atoms with van der Waals surface area (Å²) in [7, 11) is 0. The Kier molecular flexibility index (Phi) is 3.12. The van der Waals surface area contributed by atoms with Crippen LogP contribution in [0.1, 0.15) is 11.7 Å². The van der Waals surface area contributed by atoms with Crippen LogP contribution >= 0.6 is 0 Å². The fourth-order valence-electron chi connectivity index (χ4n) is 2.03. The van der Waals surface area contributed by atoms with Crippen molar-refractivity contribution in [2.24, 2.45) is 0 Å². The second kappa shape index (κ2) is 5.07. The second-order valence-electron chi connectivity index (χ2n) is 4.27. The second-order valence-corrected chi connectivity index (χ2v) is 4.27. The van der Waals surface area contributed by atoms with Gasteiger partial charge in [0.15, 0.2) is 11.6 Å². The first kappa shape index (κ1) is 11.7. The zero-order valence-electron chi connectivity index (χ0n) is 10.3. The Morgan fingerprint density at radius 3 is 2.74 bits per heavy atom. The van der Waals surface area contributed by atoms with Crippen molar-refractivity contribution in [2.45, 2.75) is 12.6 Å². The molecule has 0 aliphatic heterocycles. The highest BCUT2D eigenvalue weighted by Gasteiger charge is 2.13. The van der Waals surface area contributed by atoms with Crippen molar-refractivity contribution in [2.75, 3.05) is 0 Å². The third-order valence-corrected chi connectivity index (χ3v) is 2.98. The minimum Gasteiger partial charge on any atom is -0.387 e. The Morgan fingerprint density at radius 1 is 1.16 bits per heavy atom. The predicted molar refractivity (Wildman–Crippen MR) is 71.2 cm³/mol. The van der Waals surface area contributed by atoms with Gasteiger partial charge in [0.05, 0.1) is 12.6 Å². The number of benzene rings is 1. The number of H-pyrrole nitrogens is 1. The molecular formula is C14H14N4O. The molecule has 1 aromatic carbocycles. The van der Waals surface area contributed by atoms with Crippen LogP contribution in [0, 0.1) is 0 Å². The highest BCUT2D eigenvalue weighted by atomic mass is 16.3. The zero-order chi connectivity index (χ0) is 13.1. The number of aromatic amines is 1. The van der Waals surface area contributed by atoms with Crippen molar-refractivity contribution in [3.63, 3.8) is 0 Å². The van der Waals surface area contributed by atoms with Gasteiger partial charge in [0.25, 0.3) is 0 Å². The summed E-state index contributed by atoms with van der Waals surface area (Å²) in [6.45, 7) is 0.444. The Bertz CT molecular complexity index is 631. The third-order valence-electron chi connectivity index (χ3n) is 2.98. The predicted octanol–water partition coefficient (Wildman–Crippen LogP) is 2.01. The van der Waals surface area contributed by atoms with Crippen LogP contribution < -0.4 is 0 Å². The van der Waals surface area contributed by atoms with Crippen molar-refractivity contribution in [3.05, 3.63) is 60.7 Å². The van der Waals surface area contributed by atoms with E-state index in [0.29, 0.717) is 12.4 Å². The molecule has 2 N–H and O–H groups in total. The summed E-state index contributed by atoms with van der Waals surface area (Å²) in [6, 6.07) is 9.59. The Morgan fingerprint density at radius 2 is 2.00 bits per heavy atom. The Balaban J connectivity index is 1.83. The number of imidazole rings is 2. The molecule has 0 unspecified atom stereocenters. The first-order valence-electron chi connectivity index (χ1n) is 6.08. The monoisotopic (exact) mass is 254 g/mol. The first-order valence-corrected chi connectivity index (χ1v) is 6.08. The normalized spacial score (nSPS) is 12.5. The molecule has 2 aromatic heterocycles. The van der Waals surface area contributed by atoms with Crippen LogP contribution in [-0.2, 0) is 6.54 Å². The number of nitrogens with zero attached hydrogens (tertiary/aromatic N) is 3. The molecule has 19 heavy (non-hydrogen) atoms.